The van der Waals surface area contributed by atoms with Crippen molar-refractivity contribution in [3.63, 3.8) is 0 Å². The van der Waals surface area contributed by atoms with Crippen LogP contribution in [0.2, 0.25) is 0 Å². The Kier molecular flexibility index (Phi) is 3.25. The molecular weight excluding hydrogens is 238 g/mol. The molecule has 1 aromatic heterocycles. The first-order valence-corrected chi connectivity index (χ1v) is 6.70. The highest BCUT2D eigenvalue weighted by Crippen LogP contribution is 2.24. The number of nitrogens with one attached hydrogen (secondary N) is 1. The highest BCUT2D eigenvalue weighted by molar-refractivity contribution is 5.55. The number of aromatic nitrogens is 1. The quantitative estimate of drug-likeness (QED) is 0.894. The molecule has 0 radical (unpaired) electrons. The van der Waals surface area contributed by atoms with E-state index in [1.54, 1.807) is 6.26 Å². The molecule has 1 saturated carbocycles. The molecule has 1 heterocycles. The molecule has 1 aliphatic carbocycles. The maximum atomic E-state index is 5.54. The molecule has 4 nitrogen and oxygen atoms in total. The molecule has 0 aliphatic heterocycles. The summed E-state index contributed by atoms with van der Waals surface area (Å²) in [6.07, 6.45) is 4.30. The van der Waals surface area contributed by atoms with Gasteiger partial charge < -0.3 is 9.73 Å². The number of aryl methyl sites for hydroxylation is 1. The number of oxazole rings is 1. The lowest BCUT2D eigenvalue weighted by molar-refractivity contribution is 0.557. The van der Waals surface area contributed by atoms with E-state index in [9.17, 15) is 0 Å². The first-order chi connectivity index (χ1) is 9.22. The van der Waals surface area contributed by atoms with Crippen LogP contribution in [-0.4, -0.2) is 18.1 Å². The Bertz CT molecular complexity index is 543. The lowest BCUT2D eigenvalue weighted by Crippen LogP contribution is -2.16. The third-order valence-corrected chi connectivity index (χ3v) is 3.40. The van der Waals surface area contributed by atoms with E-state index in [0.29, 0.717) is 12.1 Å². The van der Waals surface area contributed by atoms with Crippen molar-refractivity contribution in [3.05, 3.63) is 41.8 Å². The summed E-state index contributed by atoms with van der Waals surface area (Å²) < 4.78 is 5.54. The van der Waals surface area contributed by atoms with Crippen molar-refractivity contribution < 1.29 is 4.42 Å². The van der Waals surface area contributed by atoms with Gasteiger partial charge in [0, 0.05) is 25.3 Å². The van der Waals surface area contributed by atoms with Gasteiger partial charge >= 0.3 is 6.01 Å². The van der Waals surface area contributed by atoms with Crippen LogP contribution in [-0.2, 0) is 6.54 Å². The summed E-state index contributed by atoms with van der Waals surface area (Å²) in [5.74, 6) is 0. The Labute approximate surface area is 113 Å². The number of benzene rings is 1. The fourth-order valence-electron chi connectivity index (χ4n) is 1.95. The Hall–Kier alpha value is -1.81. The zero-order valence-electron chi connectivity index (χ0n) is 11.4. The van der Waals surface area contributed by atoms with Gasteiger partial charge in [-0.05, 0) is 31.9 Å². The second kappa shape index (κ2) is 5.05. The zero-order valence-corrected chi connectivity index (χ0v) is 11.4. The van der Waals surface area contributed by atoms with E-state index >= 15 is 0 Å². The molecule has 3 rings (SSSR count). The molecule has 100 valence electrons. The van der Waals surface area contributed by atoms with Crippen molar-refractivity contribution in [3.8, 4) is 0 Å². The predicted octanol–water partition coefficient (Wildman–Crippen LogP) is 3.00. The fourth-order valence-corrected chi connectivity index (χ4v) is 1.95. The van der Waals surface area contributed by atoms with Gasteiger partial charge in [-0.25, -0.2) is 0 Å². The van der Waals surface area contributed by atoms with Gasteiger partial charge in [0.1, 0.15) is 6.26 Å². The molecule has 2 aromatic rings. The van der Waals surface area contributed by atoms with E-state index in [1.807, 2.05) is 11.9 Å². The molecule has 1 fully saturated rings. The maximum Gasteiger partial charge on any atom is 0.301 e. The first kappa shape index (κ1) is 12.2. The molecule has 19 heavy (non-hydrogen) atoms. The van der Waals surface area contributed by atoms with Crippen LogP contribution in [0.3, 0.4) is 0 Å². The van der Waals surface area contributed by atoms with Crippen LogP contribution in [0.25, 0.3) is 0 Å². The van der Waals surface area contributed by atoms with Gasteiger partial charge in [-0.15, -0.1) is 0 Å². The Morgan fingerprint density at radius 2 is 2.05 bits per heavy atom. The standard InChI is InChI=1S/C15H19N3O/c1-11-3-7-14(8-4-11)18(2)15-17-13(10-19-15)9-16-12-5-6-12/h3-4,7-8,10,12,16H,5-6,9H2,1-2H3. The summed E-state index contributed by atoms with van der Waals surface area (Å²) in [7, 11) is 1.97. The van der Waals surface area contributed by atoms with Gasteiger partial charge in [-0.3, -0.25) is 4.90 Å². The van der Waals surface area contributed by atoms with Crippen molar-refractivity contribution in [2.45, 2.75) is 32.4 Å². The molecule has 0 atom stereocenters. The van der Waals surface area contributed by atoms with E-state index in [1.165, 1.54) is 18.4 Å². The van der Waals surface area contributed by atoms with Gasteiger partial charge in [-0.1, -0.05) is 17.7 Å². The number of anilines is 2. The number of hydrogen-bond donors (Lipinski definition) is 1. The number of hydrogen-bond acceptors (Lipinski definition) is 4. The Balaban J connectivity index is 1.68. The van der Waals surface area contributed by atoms with Gasteiger partial charge in [0.2, 0.25) is 0 Å². The van der Waals surface area contributed by atoms with Crippen molar-refractivity contribution in [2.75, 3.05) is 11.9 Å². The summed E-state index contributed by atoms with van der Waals surface area (Å²) in [6, 6.07) is 9.64. The normalized spacial score (nSPS) is 14.6. The molecule has 1 aliphatic rings. The molecule has 0 amide bonds. The topological polar surface area (TPSA) is 41.3 Å². The van der Waals surface area contributed by atoms with Gasteiger partial charge in [0.25, 0.3) is 0 Å². The van der Waals surface area contributed by atoms with Crippen LogP contribution in [0, 0.1) is 6.92 Å². The van der Waals surface area contributed by atoms with E-state index in [-0.39, 0.29) is 0 Å². The predicted molar refractivity (Wildman–Crippen MR) is 75.6 cm³/mol. The minimum Gasteiger partial charge on any atom is -0.431 e. The van der Waals surface area contributed by atoms with Gasteiger partial charge in [0.05, 0.1) is 5.69 Å². The number of rotatable bonds is 5. The highest BCUT2D eigenvalue weighted by Gasteiger charge is 2.20. The van der Waals surface area contributed by atoms with Crippen LogP contribution < -0.4 is 10.2 Å². The molecule has 1 aromatic carbocycles. The molecule has 0 bridgehead atoms. The number of nitrogens with zero attached hydrogens (tertiary/aromatic N) is 2. The fraction of sp³-hybridized carbons (Fsp3) is 0.400. The smallest absolute Gasteiger partial charge is 0.301 e. The summed E-state index contributed by atoms with van der Waals surface area (Å²) in [6.45, 7) is 2.87. The maximum absolute atomic E-state index is 5.54. The zero-order chi connectivity index (χ0) is 13.2. The van der Waals surface area contributed by atoms with Crippen molar-refractivity contribution in [1.29, 1.82) is 0 Å². The van der Waals surface area contributed by atoms with Crippen molar-refractivity contribution in [1.82, 2.24) is 10.3 Å². The lowest BCUT2D eigenvalue weighted by Gasteiger charge is -2.14. The Morgan fingerprint density at radius 3 is 2.74 bits per heavy atom. The van der Waals surface area contributed by atoms with Crippen LogP contribution in [0.5, 0.6) is 0 Å². The highest BCUT2D eigenvalue weighted by atomic mass is 16.4. The monoisotopic (exact) mass is 257 g/mol. The third kappa shape index (κ3) is 2.96. The van der Waals surface area contributed by atoms with Crippen LogP contribution >= 0.6 is 0 Å². The van der Waals surface area contributed by atoms with Crippen molar-refractivity contribution >= 4 is 11.7 Å². The van der Waals surface area contributed by atoms with Gasteiger partial charge in [0.15, 0.2) is 0 Å². The largest absolute Gasteiger partial charge is 0.431 e. The average molecular weight is 257 g/mol. The molecule has 0 spiro atoms. The molecule has 4 heteroatoms. The minimum absolute atomic E-state index is 0.636. The summed E-state index contributed by atoms with van der Waals surface area (Å²) in [5, 5.41) is 3.43. The minimum atomic E-state index is 0.636. The lowest BCUT2D eigenvalue weighted by atomic mass is 10.2. The molecule has 0 unspecified atom stereocenters. The van der Waals surface area contributed by atoms with Crippen LogP contribution in [0.4, 0.5) is 11.7 Å². The van der Waals surface area contributed by atoms with E-state index < -0.39 is 0 Å². The second-order valence-corrected chi connectivity index (χ2v) is 5.17. The Morgan fingerprint density at radius 1 is 1.32 bits per heavy atom. The van der Waals surface area contributed by atoms with E-state index in [2.05, 4.69) is 41.5 Å². The van der Waals surface area contributed by atoms with Gasteiger partial charge in [-0.2, -0.15) is 4.98 Å². The van der Waals surface area contributed by atoms with E-state index in [0.717, 1.165) is 17.9 Å². The summed E-state index contributed by atoms with van der Waals surface area (Å²) in [4.78, 5) is 6.46. The molecule has 0 saturated heterocycles. The summed E-state index contributed by atoms with van der Waals surface area (Å²) >= 11 is 0. The first-order valence-electron chi connectivity index (χ1n) is 6.70. The SMILES string of the molecule is Cc1ccc(N(C)c2nc(CNC3CC3)co2)cc1. The summed E-state index contributed by atoms with van der Waals surface area (Å²) in [5.41, 5.74) is 3.29. The average Bonchev–Trinajstić information content (AvgIpc) is 3.13. The molecule has 1 N–H and O–H groups in total. The third-order valence-electron chi connectivity index (χ3n) is 3.40. The van der Waals surface area contributed by atoms with Crippen LogP contribution in [0.1, 0.15) is 24.1 Å². The second-order valence-electron chi connectivity index (χ2n) is 5.17. The molecular formula is C15H19N3O. The van der Waals surface area contributed by atoms with Crippen LogP contribution in [0.15, 0.2) is 34.9 Å². The van der Waals surface area contributed by atoms with Crippen molar-refractivity contribution in [2.24, 2.45) is 0 Å². The van der Waals surface area contributed by atoms with E-state index in [4.69, 9.17) is 4.42 Å².